The van der Waals surface area contributed by atoms with Crippen LogP contribution in [0.15, 0.2) is 144 Å². The summed E-state index contributed by atoms with van der Waals surface area (Å²) in [6.07, 6.45) is 0. The number of fused-ring (bicyclic) bond motifs is 6. The second kappa shape index (κ2) is 10.9. The van der Waals surface area contributed by atoms with E-state index in [0.29, 0.717) is 17.5 Å². The van der Waals surface area contributed by atoms with E-state index in [1.807, 2.05) is 48.5 Å². The standard InChI is InChI=1S/C42H29N5O/c1-46-37-23-19-30(25-38(37)47(2)42(46)48)26-12-14-29(15-13-26)40-43-39(28-9-4-3-5-10-28)44-41(45-40)32-18-20-34-31(24-32)17-22-35-33-11-7-6-8-27(33)16-21-36(34)35/h3-25H,1-2H3. The molecule has 0 bridgehead atoms. The van der Waals surface area contributed by atoms with E-state index in [4.69, 9.17) is 15.0 Å². The fraction of sp³-hybridized carbons (Fsp3) is 0.0476. The average Bonchev–Trinajstić information content (AvgIpc) is 3.37. The molecule has 9 rings (SSSR count). The Bertz CT molecular complexity index is 2760. The Kier molecular flexibility index (Phi) is 6.30. The van der Waals surface area contributed by atoms with Gasteiger partial charge in [0.1, 0.15) is 0 Å². The van der Waals surface area contributed by atoms with E-state index >= 15 is 0 Å². The lowest BCUT2D eigenvalue weighted by Gasteiger charge is -2.11. The van der Waals surface area contributed by atoms with Crippen molar-refractivity contribution in [3.05, 3.63) is 150 Å². The number of imidazole rings is 1. The summed E-state index contributed by atoms with van der Waals surface area (Å²) in [6.45, 7) is 0. The van der Waals surface area contributed by atoms with Crippen LogP contribution in [0.2, 0.25) is 0 Å². The van der Waals surface area contributed by atoms with Crippen molar-refractivity contribution in [1.29, 1.82) is 0 Å². The number of hydrogen-bond donors (Lipinski definition) is 0. The van der Waals surface area contributed by atoms with Gasteiger partial charge in [0.25, 0.3) is 0 Å². The van der Waals surface area contributed by atoms with Gasteiger partial charge in [-0.1, -0.05) is 121 Å². The van der Waals surface area contributed by atoms with Gasteiger partial charge < -0.3 is 0 Å². The van der Waals surface area contributed by atoms with Gasteiger partial charge in [-0.25, -0.2) is 19.7 Å². The van der Waals surface area contributed by atoms with Crippen molar-refractivity contribution in [2.24, 2.45) is 14.1 Å². The van der Waals surface area contributed by atoms with Crippen LogP contribution in [0.1, 0.15) is 0 Å². The fourth-order valence-corrected chi connectivity index (χ4v) is 6.82. The van der Waals surface area contributed by atoms with Crippen LogP contribution < -0.4 is 5.69 Å². The van der Waals surface area contributed by atoms with Crippen molar-refractivity contribution in [2.75, 3.05) is 0 Å². The average molecular weight is 620 g/mol. The van der Waals surface area contributed by atoms with Crippen LogP contribution in [0, 0.1) is 0 Å². The zero-order valence-corrected chi connectivity index (χ0v) is 26.4. The molecule has 0 N–H and O–H groups in total. The molecule has 0 fully saturated rings. The van der Waals surface area contributed by atoms with Crippen LogP contribution in [0.4, 0.5) is 0 Å². The molecular weight excluding hydrogens is 590 g/mol. The Morgan fingerprint density at radius 2 is 0.917 bits per heavy atom. The van der Waals surface area contributed by atoms with E-state index in [0.717, 1.165) is 44.2 Å². The minimum absolute atomic E-state index is 0.0363. The molecule has 7 aromatic carbocycles. The van der Waals surface area contributed by atoms with Crippen LogP contribution in [0.3, 0.4) is 0 Å². The fourth-order valence-electron chi connectivity index (χ4n) is 6.82. The van der Waals surface area contributed by atoms with Crippen molar-refractivity contribution in [3.63, 3.8) is 0 Å². The lowest BCUT2D eigenvalue weighted by molar-refractivity contribution is 0.795. The summed E-state index contributed by atoms with van der Waals surface area (Å²) in [5.74, 6) is 1.86. The van der Waals surface area contributed by atoms with Gasteiger partial charge in [-0.15, -0.1) is 0 Å². The summed E-state index contributed by atoms with van der Waals surface area (Å²) in [5.41, 5.74) is 6.61. The second-order valence-corrected chi connectivity index (χ2v) is 12.2. The highest BCUT2D eigenvalue weighted by atomic mass is 16.1. The first-order valence-electron chi connectivity index (χ1n) is 15.9. The predicted octanol–water partition coefficient (Wildman–Crippen LogP) is 9.19. The number of aromatic nitrogens is 5. The normalized spacial score (nSPS) is 11.6. The maximum absolute atomic E-state index is 12.5. The smallest absolute Gasteiger partial charge is 0.295 e. The maximum atomic E-state index is 12.5. The predicted molar refractivity (Wildman–Crippen MR) is 196 cm³/mol. The minimum Gasteiger partial charge on any atom is -0.295 e. The molecule has 2 aromatic heterocycles. The maximum Gasteiger partial charge on any atom is 0.328 e. The number of nitrogens with zero attached hydrogens (tertiary/aromatic N) is 5. The first-order chi connectivity index (χ1) is 23.5. The molecule has 0 saturated carbocycles. The van der Waals surface area contributed by atoms with E-state index in [1.54, 1.807) is 23.2 Å². The first-order valence-corrected chi connectivity index (χ1v) is 15.9. The first kappa shape index (κ1) is 27.9. The summed E-state index contributed by atoms with van der Waals surface area (Å²) in [7, 11) is 3.60. The monoisotopic (exact) mass is 619 g/mol. The molecule has 0 unspecified atom stereocenters. The van der Waals surface area contributed by atoms with Crippen LogP contribution in [0.5, 0.6) is 0 Å². The number of aryl methyl sites for hydroxylation is 2. The lowest BCUT2D eigenvalue weighted by Crippen LogP contribution is -2.19. The summed E-state index contributed by atoms with van der Waals surface area (Å²) >= 11 is 0. The van der Waals surface area contributed by atoms with Gasteiger partial charge in [0.2, 0.25) is 0 Å². The van der Waals surface area contributed by atoms with Crippen LogP contribution >= 0.6 is 0 Å². The highest BCUT2D eigenvalue weighted by Crippen LogP contribution is 2.34. The van der Waals surface area contributed by atoms with E-state index in [1.165, 1.54) is 26.9 Å². The Labute approximate surface area is 276 Å². The second-order valence-electron chi connectivity index (χ2n) is 12.2. The Morgan fingerprint density at radius 1 is 0.396 bits per heavy atom. The van der Waals surface area contributed by atoms with Gasteiger partial charge in [0.15, 0.2) is 17.5 Å². The Hall–Kier alpha value is -6.40. The van der Waals surface area contributed by atoms with Crippen molar-refractivity contribution < 1.29 is 0 Å². The molecule has 0 aliphatic rings. The Morgan fingerprint density at radius 3 is 1.67 bits per heavy atom. The molecule has 0 aliphatic carbocycles. The third-order valence-corrected chi connectivity index (χ3v) is 9.42. The van der Waals surface area contributed by atoms with Crippen molar-refractivity contribution >= 4 is 43.4 Å². The molecule has 0 saturated heterocycles. The third-order valence-electron chi connectivity index (χ3n) is 9.42. The molecule has 0 spiro atoms. The molecule has 0 atom stereocenters. The van der Waals surface area contributed by atoms with E-state index in [-0.39, 0.29) is 5.69 Å². The summed E-state index contributed by atoms with van der Waals surface area (Å²) in [6, 6.07) is 48.2. The van der Waals surface area contributed by atoms with Crippen LogP contribution in [0.25, 0.3) is 88.6 Å². The SMILES string of the molecule is Cn1c(=O)n(C)c2cc(-c3ccc(-c4nc(-c5ccccc5)nc(-c5ccc6c(ccc7c8ccccc8ccc67)c5)n4)cc3)ccc21. The molecule has 2 heterocycles. The van der Waals surface area contributed by atoms with Gasteiger partial charge >= 0.3 is 5.69 Å². The quantitative estimate of drug-likeness (QED) is 0.184. The van der Waals surface area contributed by atoms with Crippen LogP contribution in [-0.2, 0) is 14.1 Å². The van der Waals surface area contributed by atoms with E-state index in [2.05, 4.69) is 91.0 Å². The van der Waals surface area contributed by atoms with Crippen LogP contribution in [-0.4, -0.2) is 24.1 Å². The molecule has 0 aliphatic heterocycles. The highest BCUT2D eigenvalue weighted by Gasteiger charge is 2.15. The molecule has 0 radical (unpaired) electrons. The Balaban J connectivity index is 1.14. The topological polar surface area (TPSA) is 65.6 Å². The molecule has 6 heteroatoms. The zero-order valence-electron chi connectivity index (χ0n) is 26.4. The zero-order chi connectivity index (χ0) is 32.4. The molecule has 9 aromatic rings. The lowest BCUT2D eigenvalue weighted by atomic mass is 9.96. The van der Waals surface area contributed by atoms with Gasteiger partial charge in [-0.2, -0.15) is 0 Å². The van der Waals surface area contributed by atoms with E-state index < -0.39 is 0 Å². The van der Waals surface area contributed by atoms with Gasteiger partial charge in [0.05, 0.1) is 11.0 Å². The summed E-state index contributed by atoms with van der Waals surface area (Å²) in [5, 5.41) is 7.31. The molecule has 0 amide bonds. The molecule has 228 valence electrons. The van der Waals surface area contributed by atoms with Gasteiger partial charge in [0, 0.05) is 30.8 Å². The highest BCUT2D eigenvalue weighted by molar-refractivity contribution is 6.17. The molecule has 6 nitrogen and oxygen atoms in total. The van der Waals surface area contributed by atoms with Gasteiger partial charge in [-0.3, -0.25) is 9.13 Å². The van der Waals surface area contributed by atoms with Crippen molar-refractivity contribution in [2.45, 2.75) is 0 Å². The molecule has 48 heavy (non-hydrogen) atoms. The van der Waals surface area contributed by atoms with E-state index in [9.17, 15) is 4.79 Å². The van der Waals surface area contributed by atoms with Crippen molar-refractivity contribution in [3.8, 4) is 45.3 Å². The largest absolute Gasteiger partial charge is 0.328 e. The summed E-state index contributed by atoms with van der Waals surface area (Å²) in [4.78, 5) is 27.4. The minimum atomic E-state index is -0.0363. The summed E-state index contributed by atoms with van der Waals surface area (Å²) < 4.78 is 3.35. The molecular formula is C42H29N5O. The van der Waals surface area contributed by atoms with Gasteiger partial charge in [-0.05, 0) is 61.6 Å². The number of hydrogen-bond acceptors (Lipinski definition) is 4. The number of rotatable bonds is 4. The third kappa shape index (κ3) is 4.49. The number of benzene rings is 7. The van der Waals surface area contributed by atoms with Crippen molar-refractivity contribution in [1.82, 2.24) is 24.1 Å².